The fourth-order valence-electron chi connectivity index (χ4n) is 3.76. The number of hydrogen-bond acceptors (Lipinski definition) is 5. The number of hydrazine groups is 1. The Hall–Kier alpha value is -2.82. The summed E-state index contributed by atoms with van der Waals surface area (Å²) in [6.45, 7) is 3.55. The van der Waals surface area contributed by atoms with Crippen LogP contribution in [0.25, 0.3) is 0 Å². The van der Waals surface area contributed by atoms with Gasteiger partial charge < -0.3 is 15.3 Å². The lowest BCUT2D eigenvalue weighted by Gasteiger charge is -2.31. The number of carbonyl (C=O) groups is 3. The quantitative estimate of drug-likeness (QED) is 0.275. The monoisotopic (exact) mass is 494 g/mol. The molecule has 1 heterocycles. The minimum Gasteiger partial charge on any atom is -0.465 e. The molecule has 0 bridgehead atoms. The summed E-state index contributed by atoms with van der Waals surface area (Å²) in [6, 6.07) is 9.48. The van der Waals surface area contributed by atoms with Gasteiger partial charge in [-0.2, -0.15) is 0 Å². The Labute approximate surface area is 199 Å². The molecule has 2 aromatic rings. The number of halogens is 2. The van der Waals surface area contributed by atoms with Gasteiger partial charge in [0.15, 0.2) is 0 Å². The smallest absolute Gasteiger partial charge is 0.405 e. The van der Waals surface area contributed by atoms with Gasteiger partial charge in [-0.15, -0.1) is 11.8 Å². The molecule has 3 amide bonds. The van der Waals surface area contributed by atoms with Crippen molar-refractivity contribution in [3.05, 3.63) is 58.4 Å². The SMILES string of the molecule is CC(C)(C[C@H]1CSc2cc(F)c(C(=O)NN)cc2N(Cc2ccc(Cl)cc2)C1=O)NC(=O)O. The highest BCUT2D eigenvalue weighted by Gasteiger charge is 2.36. The maximum Gasteiger partial charge on any atom is 0.405 e. The van der Waals surface area contributed by atoms with Crippen LogP contribution in [0.15, 0.2) is 41.3 Å². The van der Waals surface area contributed by atoms with Gasteiger partial charge in [0.05, 0.1) is 23.7 Å². The molecule has 3 rings (SSSR count). The number of nitrogens with zero attached hydrogens (tertiary/aromatic N) is 1. The van der Waals surface area contributed by atoms with Crippen molar-refractivity contribution < 1.29 is 23.9 Å². The molecule has 0 aliphatic carbocycles. The normalized spacial score (nSPS) is 16.1. The Morgan fingerprint density at radius 1 is 1.30 bits per heavy atom. The average molecular weight is 495 g/mol. The number of nitrogen functional groups attached to an aromatic ring is 1. The molecule has 33 heavy (non-hydrogen) atoms. The maximum absolute atomic E-state index is 14.6. The number of thioether (sulfide) groups is 1. The van der Waals surface area contributed by atoms with E-state index in [1.54, 1.807) is 38.1 Å². The first-order valence-corrected chi connectivity index (χ1v) is 11.4. The molecule has 8 nitrogen and oxygen atoms in total. The van der Waals surface area contributed by atoms with E-state index >= 15 is 0 Å². The summed E-state index contributed by atoms with van der Waals surface area (Å²) in [6.07, 6.45) is -0.955. The number of hydrogen-bond donors (Lipinski definition) is 4. The lowest BCUT2D eigenvalue weighted by Crippen LogP contribution is -2.47. The molecule has 5 N–H and O–H groups in total. The second-order valence-corrected chi connectivity index (χ2v) is 9.85. The molecule has 0 unspecified atom stereocenters. The van der Waals surface area contributed by atoms with Gasteiger partial charge >= 0.3 is 6.09 Å². The molecule has 0 saturated heterocycles. The van der Waals surface area contributed by atoms with E-state index in [9.17, 15) is 18.8 Å². The van der Waals surface area contributed by atoms with Gasteiger partial charge in [-0.05, 0) is 50.1 Å². The highest BCUT2D eigenvalue weighted by atomic mass is 35.5. The second-order valence-electron chi connectivity index (χ2n) is 8.35. The van der Waals surface area contributed by atoms with Crippen LogP contribution < -0.4 is 21.5 Å². The number of fused-ring (bicyclic) bond motifs is 1. The van der Waals surface area contributed by atoms with Crippen molar-refractivity contribution in [1.82, 2.24) is 10.7 Å². The zero-order valence-corrected chi connectivity index (χ0v) is 19.6. The van der Waals surface area contributed by atoms with Crippen molar-refractivity contribution in [1.29, 1.82) is 0 Å². The molecule has 1 aliphatic rings. The molecule has 176 valence electrons. The van der Waals surface area contributed by atoms with Gasteiger partial charge in [0.1, 0.15) is 5.82 Å². The number of carboxylic acid groups (broad SMARTS) is 1. The number of nitrogens with two attached hydrogens (primary N) is 1. The van der Waals surface area contributed by atoms with E-state index in [-0.39, 0.29) is 24.4 Å². The van der Waals surface area contributed by atoms with Crippen molar-refractivity contribution in [3.8, 4) is 0 Å². The van der Waals surface area contributed by atoms with Crippen molar-refractivity contribution in [3.63, 3.8) is 0 Å². The van der Waals surface area contributed by atoms with Crippen LogP contribution in [0.4, 0.5) is 14.9 Å². The fourth-order valence-corrected chi connectivity index (χ4v) is 5.03. The van der Waals surface area contributed by atoms with E-state index in [2.05, 4.69) is 5.32 Å². The maximum atomic E-state index is 14.6. The lowest BCUT2D eigenvalue weighted by atomic mass is 9.90. The van der Waals surface area contributed by atoms with E-state index in [0.717, 1.165) is 5.56 Å². The Morgan fingerprint density at radius 3 is 2.58 bits per heavy atom. The zero-order valence-electron chi connectivity index (χ0n) is 18.0. The summed E-state index contributed by atoms with van der Waals surface area (Å²) in [7, 11) is 0. The Balaban J connectivity index is 2.04. The molecule has 0 fully saturated rings. The van der Waals surface area contributed by atoms with Gasteiger partial charge in [-0.25, -0.2) is 15.0 Å². The summed E-state index contributed by atoms with van der Waals surface area (Å²) in [5, 5.41) is 12.1. The fraction of sp³-hybridized carbons (Fsp3) is 0.318. The minimum atomic E-state index is -1.19. The van der Waals surface area contributed by atoms with Crippen LogP contribution >= 0.6 is 23.4 Å². The van der Waals surface area contributed by atoms with Gasteiger partial charge in [-0.1, -0.05) is 23.7 Å². The van der Waals surface area contributed by atoms with E-state index < -0.39 is 29.3 Å². The topological polar surface area (TPSA) is 125 Å². The number of anilines is 1. The minimum absolute atomic E-state index is 0.155. The first-order valence-electron chi connectivity index (χ1n) is 10.0. The lowest BCUT2D eigenvalue weighted by molar-refractivity contribution is -0.122. The van der Waals surface area contributed by atoms with Crippen LogP contribution in [-0.4, -0.2) is 34.3 Å². The van der Waals surface area contributed by atoms with Crippen LogP contribution in [-0.2, 0) is 11.3 Å². The first-order chi connectivity index (χ1) is 15.5. The molecule has 1 aliphatic heterocycles. The third-order valence-corrected chi connectivity index (χ3v) is 6.69. The second kappa shape index (κ2) is 9.98. The molecular formula is C22H24ClFN4O4S. The van der Waals surface area contributed by atoms with Gasteiger partial charge in [-0.3, -0.25) is 15.0 Å². The van der Waals surface area contributed by atoms with Crippen LogP contribution in [0.1, 0.15) is 36.2 Å². The van der Waals surface area contributed by atoms with Crippen molar-refractivity contribution >= 4 is 47.0 Å². The summed E-state index contributed by atoms with van der Waals surface area (Å²) >= 11 is 7.26. The highest BCUT2D eigenvalue weighted by Crippen LogP contribution is 2.40. The van der Waals surface area contributed by atoms with E-state index in [1.165, 1.54) is 28.8 Å². The van der Waals surface area contributed by atoms with Crippen molar-refractivity contribution in [2.24, 2.45) is 11.8 Å². The average Bonchev–Trinajstić information content (AvgIpc) is 2.85. The Kier molecular flexibility index (Phi) is 7.51. The highest BCUT2D eigenvalue weighted by molar-refractivity contribution is 7.99. The Morgan fingerprint density at radius 2 is 1.97 bits per heavy atom. The Bertz CT molecular complexity index is 1080. The van der Waals surface area contributed by atoms with E-state index in [0.29, 0.717) is 21.4 Å². The van der Waals surface area contributed by atoms with Gasteiger partial charge in [0.2, 0.25) is 5.91 Å². The molecule has 11 heteroatoms. The molecule has 2 aromatic carbocycles. The summed E-state index contributed by atoms with van der Waals surface area (Å²) in [5.41, 5.74) is 1.93. The van der Waals surface area contributed by atoms with Gasteiger partial charge in [0, 0.05) is 21.2 Å². The standard InChI is InChI=1S/C22H24ClFN4O4S/c1-22(2,26-21(31)32)9-13-11-33-18-8-16(24)15(19(29)27-25)7-17(18)28(20(13)30)10-12-3-5-14(23)6-4-12/h3-8,13,26H,9-11,25H2,1-2H3,(H,27,29)(H,31,32)/t13-/m0/s1. The predicted molar refractivity (Wildman–Crippen MR) is 125 cm³/mol. The number of carbonyl (C=O) groups excluding carboxylic acids is 2. The van der Waals surface area contributed by atoms with Crippen LogP contribution in [0.3, 0.4) is 0 Å². The number of rotatable bonds is 6. The predicted octanol–water partition coefficient (Wildman–Crippen LogP) is 3.77. The van der Waals surface area contributed by atoms with Crippen LogP contribution in [0.2, 0.25) is 5.02 Å². The van der Waals surface area contributed by atoms with E-state index in [1.807, 2.05) is 5.43 Å². The molecule has 0 radical (unpaired) electrons. The molecular weight excluding hydrogens is 471 g/mol. The van der Waals surface area contributed by atoms with Gasteiger partial charge in [0.25, 0.3) is 5.91 Å². The molecule has 0 aromatic heterocycles. The summed E-state index contributed by atoms with van der Waals surface area (Å²) < 4.78 is 14.6. The third kappa shape index (κ3) is 5.95. The van der Waals surface area contributed by atoms with Crippen molar-refractivity contribution in [2.75, 3.05) is 10.7 Å². The number of benzene rings is 2. The van der Waals surface area contributed by atoms with Crippen molar-refractivity contribution in [2.45, 2.75) is 37.2 Å². The number of amides is 3. The summed E-state index contributed by atoms with van der Waals surface area (Å²) in [4.78, 5) is 38.9. The largest absolute Gasteiger partial charge is 0.465 e. The summed E-state index contributed by atoms with van der Waals surface area (Å²) in [5.74, 6) is 3.11. The number of nitrogens with one attached hydrogen (secondary N) is 2. The van der Waals surface area contributed by atoms with Crippen LogP contribution in [0.5, 0.6) is 0 Å². The zero-order chi connectivity index (χ0) is 24.3. The van der Waals surface area contributed by atoms with Crippen LogP contribution in [0, 0.1) is 11.7 Å². The third-order valence-electron chi connectivity index (χ3n) is 5.23. The first kappa shape index (κ1) is 24.8. The molecule has 0 saturated carbocycles. The molecule has 1 atom stereocenters. The molecule has 0 spiro atoms. The van der Waals surface area contributed by atoms with E-state index in [4.69, 9.17) is 22.6 Å².